The van der Waals surface area contributed by atoms with Crippen LogP contribution in [0.2, 0.25) is 0 Å². The summed E-state index contributed by atoms with van der Waals surface area (Å²) in [7, 11) is 0. The molecule has 1 amide bonds. The second-order valence-corrected chi connectivity index (χ2v) is 9.52. The lowest BCUT2D eigenvalue weighted by molar-refractivity contribution is -0.140. The van der Waals surface area contributed by atoms with Crippen LogP contribution in [0.25, 0.3) is 5.76 Å². The van der Waals surface area contributed by atoms with Crippen LogP contribution >= 0.6 is 0 Å². The first-order valence-corrected chi connectivity index (χ1v) is 13.9. The molecule has 0 aliphatic carbocycles. The number of Topliss-reactive ketones (excluding diaryl/α,β-unsaturated/α-hetero) is 1. The van der Waals surface area contributed by atoms with Crippen LogP contribution in [0.5, 0.6) is 11.5 Å². The second-order valence-electron chi connectivity index (χ2n) is 9.52. The maximum Gasteiger partial charge on any atom is 0.295 e. The summed E-state index contributed by atoms with van der Waals surface area (Å²) in [6.45, 7) is 12.3. The molecule has 1 aliphatic rings. The molecule has 206 valence electrons. The SMILES string of the molecule is CCCCOc1ccc(C2/C(=C(\O)c3cccc(OCCCC)c3)C(=O)C(=O)N2CCN(CC)CC)cc1. The molecule has 3 rings (SSSR count). The molecule has 7 nitrogen and oxygen atoms in total. The molecule has 0 radical (unpaired) electrons. The number of aliphatic hydroxyl groups is 1. The Labute approximate surface area is 227 Å². The summed E-state index contributed by atoms with van der Waals surface area (Å²) in [5.41, 5.74) is 1.30. The number of aliphatic hydroxyl groups excluding tert-OH is 1. The number of ketones is 1. The van der Waals surface area contributed by atoms with Crippen molar-refractivity contribution in [2.45, 2.75) is 59.4 Å². The monoisotopic (exact) mass is 522 g/mol. The van der Waals surface area contributed by atoms with E-state index in [1.807, 2.05) is 30.3 Å². The van der Waals surface area contributed by atoms with E-state index >= 15 is 0 Å². The van der Waals surface area contributed by atoms with Gasteiger partial charge in [-0.1, -0.05) is 64.8 Å². The lowest BCUT2D eigenvalue weighted by Gasteiger charge is -2.28. The van der Waals surface area contributed by atoms with E-state index in [9.17, 15) is 14.7 Å². The summed E-state index contributed by atoms with van der Waals surface area (Å²) < 4.78 is 11.6. The number of carbonyl (C=O) groups excluding carboxylic acids is 2. The van der Waals surface area contributed by atoms with Crippen LogP contribution in [0.3, 0.4) is 0 Å². The normalized spacial score (nSPS) is 16.9. The molecule has 1 heterocycles. The molecule has 0 spiro atoms. The van der Waals surface area contributed by atoms with Crippen molar-refractivity contribution >= 4 is 17.4 Å². The smallest absolute Gasteiger partial charge is 0.295 e. The maximum atomic E-state index is 13.4. The Kier molecular flexibility index (Phi) is 11.2. The minimum absolute atomic E-state index is 0.0971. The topological polar surface area (TPSA) is 79.3 Å². The molecule has 7 heteroatoms. The highest BCUT2D eigenvalue weighted by atomic mass is 16.5. The van der Waals surface area contributed by atoms with E-state index in [1.165, 1.54) is 0 Å². The zero-order valence-electron chi connectivity index (χ0n) is 23.2. The third kappa shape index (κ3) is 7.16. The maximum absolute atomic E-state index is 13.4. The van der Waals surface area contributed by atoms with E-state index in [0.29, 0.717) is 37.6 Å². The van der Waals surface area contributed by atoms with Crippen molar-refractivity contribution in [2.24, 2.45) is 0 Å². The van der Waals surface area contributed by atoms with Crippen LogP contribution in [-0.4, -0.2) is 66.0 Å². The molecule has 1 aliphatic heterocycles. The summed E-state index contributed by atoms with van der Waals surface area (Å²) >= 11 is 0. The average Bonchev–Trinajstić information content (AvgIpc) is 3.19. The van der Waals surface area contributed by atoms with E-state index < -0.39 is 17.7 Å². The quantitative estimate of drug-likeness (QED) is 0.138. The first kappa shape index (κ1) is 29.2. The number of nitrogens with zero attached hydrogens (tertiary/aromatic N) is 2. The van der Waals surface area contributed by atoms with Gasteiger partial charge in [0.15, 0.2) is 0 Å². The third-order valence-electron chi connectivity index (χ3n) is 6.93. The third-order valence-corrected chi connectivity index (χ3v) is 6.93. The number of unbranched alkanes of at least 4 members (excludes halogenated alkanes) is 2. The Morgan fingerprint density at radius 1 is 0.895 bits per heavy atom. The summed E-state index contributed by atoms with van der Waals surface area (Å²) in [6, 6.07) is 13.8. The minimum Gasteiger partial charge on any atom is -0.507 e. The summed E-state index contributed by atoms with van der Waals surface area (Å²) in [6.07, 6.45) is 3.95. The second kappa shape index (κ2) is 14.6. The zero-order valence-corrected chi connectivity index (χ0v) is 23.2. The van der Waals surface area contributed by atoms with Crippen molar-refractivity contribution in [3.8, 4) is 11.5 Å². The van der Waals surface area contributed by atoms with Gasteiger partial charge in [0.05, 0.1) is 24.8 Å². The van der Waals surface area contributed by atoms with Crippen molar-refractivity contribution < 1.29 is 24.2 Å². The first-order valence-electron chi connectivity index (χ1n) is 13.9. The summed E-state index contributed by atoms with van der Waals surface area (Å²) in [5.74, 6) is -0.111. The Morgan fingerprint density at radius 2 is 1.53 bits per heavy atom. The number of carbonyl (C=O) groups is 2. The van der Waals surface area contributed by atoms with Gasteiger partial charge in [0.25, 0.3) is 11.7 Å². The van der Waals surface area contributed by atoms with Crippen LogP contribution in [0.4, 0.5) is 0 Å². The van der Waals surface area contributed by atoms with Gasteiger partial charge in [0.1, 0.15) is 17.3 Å². The number of hydrogen-bond acceptors (Lipinski definition) is 6. The van der Waals surface area contributed by atoms with Crippen molar-refractivity contribution in [3.05, 3.63) is 65.2 Å². The molecule has 0 aromatic heterocycles. The first-order chi connectivity index (χ1) is 18.4. The van der Waals surface area contributed by atoms with Crippen LogP contribution in [-0.2, 0) is 9.59 Å². The van der Waals surface area contributed by atoms with E-state index in [0.717, 1.165) is 50.1 Å². The number of hydrogen-bond donors (Lipinski definition) is 1. The van der Waals surface area contributed by atoms with E-state index in [1.54, 1.807) is 23.1 Å². The predicted octanol–water partition coefficient (Wildman–Crippen LogP) is 5.81. The molecular weight excluding hydrogens is 480 g/mol. The predicted molar refractivity (Wildman–Crippen MR) is 150 cm³/mol. The average molecular weight is 523 g/mol. The van der Waals surface area contributed by atoms with E-state index in [4.69, 9.17) is 9.47 Å². The van der Waals surface area contributed by atoms with Gasteiger partial charge in [-0.3, -0.25) is 9.59 Å². The molecule has 1 unspecified atom stereocenters. The van der Waals surface area contributed by atoms with Gasteiger partial charge < -0.3 is 24.4 Å². The molecular formula is C31H42N2O5. The highest BCUT2D eigenvalue weighted by Gasteiger charge is 2.46. The molecule has 1 fully saturated rings. The Hall–Kier alpha value is -3.32. The fourth-order valence-electron chi connectivity index (χ4n) is 4.55. The number of amides is 1. The van der Waals surface area contributed by atoms with Crippen molar-refractivity contribution in [3.63, 3.8) is 0 Å². The van der Waals surface area contributed by atoms with Gasteiger partial charge in [0, 0.05) is 18.7 Å². The number of rotatable bonds is 15. The van der Waals surface area contributed by atoms with Crippen molar-refractivity contribution in [1.82, 2.24) is 9.80 Å². The molecule has 1 atom stereocenters. The van der Waals surface area contributed by atoms with Crippen LogP contribution in [0.1, 0.15) is 70.5 Å². The fourth-order valence-corrected chi connectivity index (χ4v) is 4.55. The van der Waals surface area contributed by atoms with Gasteiger partial charge in [0.2, 0.25) is 0 Å². The molecule has 1 saturated heterocycles. The standard InChI is InChI=1S/C31H42N2O5/c1-5-9-20-37-25-16-14-23(15-17-25)28-27(30(35)31(36)33(28)19-18-32(7-3)8-4)29(34)24-12-11-13-26(22-24)38-21-10-6-2/h11-17,22,28,34H,5-10,18-21H2,1-4H3/b29-27+. The molecule has 0 saturated carbocycles. The van der Waals surface area contributed by atoms with Gasteiger partial charge in [-0.15, -0.1) is 0 Å². The Balaban J connectivity index is 2.00. The largest absolute Gasteiger partial charge is 0.507 e. The van der Waals surface area contributed by atoms with Gasteiger partial charge in [-0.2, -0.15) is 0 Å². The molecule has 1 N–H and O–H groups in total. The lowest BCUT2D eigenvalue weighted by atomic mass is 9.95. The number of likely N-dealkylation sites (tertiary alicyclic amines) is 1. The number of ether oxygens (including phenoxy) is 2. The fraction of sp³-hybridized carbons (Fsp3) is 0.484. The highest BCUT2D eigenvalue weighted by molar-refractivity contribution is 6.46. The molecule has 0 bridgehead atoms. The Morgan fingerprint density at radius 3 is 2.13 bits per heavy atom. The molecule has 38 heavy (non-hydrogen) atoms. The van der Waals surface area contributed by atoms with Crippen LogP contribution in [0, 0.1) is 0 Å². The van der Waals surface area contributed by atoms with E-state index in [-0.39, 0.29) is 11.3 Å². The van der Waals surface area contributed by atoms with Crippen molar-refractivity contribution in [1.29, 1.82) is 0 Å². The van der Waals surface area contributed by atoms with Gasteiger partial charge in [-0.05, 0) is 55.8 Å². The minimum atomic E-state index is -0.695. The zero-order chi connectivity index (χ0) is 27.5. The summed E-state index contributed by atoms with van der Waals surface area (Å²) in [4.78, 5) is 30.4. The van der Waals surface area contributed by atoms with E-state index in [2.05, 4.69) is 32.6 Å². The Bertz CT molecular complexity index is 1090. The van der Waals surface area contributed by atoms with Gasteiger partial charge >= 0.3 is 0 Å². The van der Waals surface area contributed by atoms with Gasteiger partial charge in [-0.25, -0.2) is 0 Å². The number of likely N-dealkylation sites (N-methyl/N-ethyl adjacent to an activating group) is 1. The van der Waals surface area contributed by atoms with Crippen LogP contribution < -0.4 is 9.47 Å². The summed E-state index contributed by atoms with van der Waals surface area (Å²) in [5, 5.41) is 11.4. The lowest BCUT2D eigenvalue weighted by Crippen LogP contribution is -2.38. The van der Waals surface area contributed by atoms with Crippen LogP contribution in [0.15, 0.2) is 54.1 Å². The molecule has 2 aromatic carbocycles. The van der Waals surface area contributed by atoms with Crippen molar-refractivity contribution in [2.75, 3.05) is 39.4 Å². The molecule has 2 aromatic rings. The number of benzene rings is 2. The highest BCUT2D eigenvalue weighted by Crippen LogP contribution is 2.40.